The van der Waals surface area contributed by atoms with Crippen LogP contribution in [0.1, 0.15) is 48.6 Å². The van der Waals surface area contributed by atoms with Gasteiger partial charge in [0, 0.05) is 17.5 Å². The minimum absolute atomic E-state index is 0.151. The molecule has 1 aromatic carbocycles. The number of fused-ring (bicyclic) bond motifs is 3. The topological polar surface area (TPSA) is 90.4 Å². The number of para-hydroxylation sites is 1. The number of carbonyl (C=O) groups excluding carboxylic acids is 2. The van der Waals surface area contributed by atoms with Crippen LogP contribution in [-0.2, 0) is 4.74 Å². The zero-order valence-electron chi connectivity index (χ0n) is 14.2. The number of hydrogen-bond donors (Lipinski definition) is 1. The summed E-state index contributed by atoms with van der Waals surface area (Å²) in [6.45, 7) is 0. The van der Waals surface area contributed by atoms with Gasteiger partial charge in [0.25, 0.3) is 0 Å². The lowest BCUT2D eigenvalue weighted by Crippen LogP contribution is -2.50. The Labute approximate surface area is 145 Å². The van der Waals surface area contributed by atoms with Crippen LogP contribution in [0.4, 0.5) is 4.79 Å². The number of rotatable bonds is 2. The third-order valence-corrected chi connectivity index (χ3v) is 5.66. The summed E-state index contributed by atoms with van der Waals surface area (Å²) in [5.74, 6) is -0.796. The molecule has 7 heteroatoms. The minimum atomic E-state index is -1.11. The van der Waals surface area contributed by atoms with E-state index in [0.717, 1.165) is 18.4 Å². The lowest BCUT2D eigenvalue weighted by Gasteiger charge is -2.47. The average molecular weight is 342 g/mol. The number of nitrogens with zero attached hydrogens (tertiary/aromatic N) is 3. The Hall–Kier alpha value is -2.41. The summed E-state index contributed by atoms with van der Waals surface area (Å²) in [4.78, 5) is 25.6. The minimum Gasteiger partial charge on any atom is -0.371 e. The van der Waals surface area contributed by atoms with Crippen molar-refractivity contribution in [3.05, 3.63) is 30.0 Å². The van der Waals surface area contributed by atoms with Gasteiger partial charge in [-0.05, 0) is 38.8 Å². The van der Waals surface area contributed by atoms with Gasteiger partial charge in [0.1, 0.15) is 0 Å². The third kappa shape index (κ3) is 2.78. The van der Waals surface area contributed by atoms with E-state index < -0.39 is 12.1 Å². The maximum absolute atomic E-state index is 12.2. The molecule has 4 rings (SSSR count). The van der Waals surface area contributed by atoms with Gasteiger partial charge >= 0.3 is 12.1 Å². The SMILES string of the molecule is CN1C2CCCC1CC(n1nc(C(=O)OC(N)=O)c3ccccc31)C2. The molecule has 0 radical (unpaired) electrons. The van der Waals surface area contributed by atoms with E-state index in [2.05, 4.69) is 21.8 Å². The standard InChI is InChI=1S/C18H22N4O3/c1-21-11-5-4-6-12(21)10-13(9-11)22-15-8-3-2-7-14(15)16(20-22)17(23)25-18(19)24/h2-3,7-8,11-13H,4-6,9-10H2,1H3,(H2,19,24). The number of carbonyl (C=O) groups is 2. The van der Waals surface area contributed by atoms with Crippen molar-refractivity contribution in [1.29, 1.82) is 0 Å². The lowest BCUT2D eigenvalue weighted by molar-refractivity contribution is 0.0377. The van der Waals surface area contributed by atoms with Gasteiger partial charge in [-0.15, -0.1) is 0 Å². The third-order valence-electron chi connectivity index (χ3n) is 5.66. The van der Waals surface area contributed by atoms with E-state index in [-0.39, 0.29) is 11.7 Å². The second kappa shape index (κ2) is 6.15. The maximum atomic E-state index is 12.2. The molecular formula is C18H22N4O3. The number of primary amides is 1. The van der Waals surface area contributed by atoms with E-state index in [1.165, 1.54) is 19.3 Å². The van der Waals surface area contributed by atoms with Crippen LogP contribution in [0, 0.1) is 0 Å². The summed E-state index contributed by atoms with van der Waals surface area (Å²) in [7, 11) is 2.21. The number of amides is 1. The summed E-state index contributed by atoms with van der Waals surface area (Å²) in [5.41, 5.74) is 6.03. The van der Waals surface area contributed by atoms with Crippen molar-refractivity contribution in [2.24, 2.45) is 5.73 Å². The molecule has 7 nitrogen and oxygen atoms in total. The number of ether oxygens (including phenoxy) is 1. The van der Waals surface area contributed by atoms with Gasteiger partial charge in [-0.1, -0.05) is 24.6 Å². The van der Waals surface area contributed by atoms with Crippen molar-refractivity contribution in [3.8, 4) is 0 Å². The molecular weight excluding hydrogens is 320 g/mol. The number of hydrogen-bond acceptors (Lipinski definition) is 5. The molecule has 2 N–H and O–H groups in total. The Kier molecular flexibility index (Phi) is 3.95. The van der Waals surface area contributed by atoms with Crippen molar-refractivity contribution in [3.63, 3.8) is 0 Å². The number of piperidine rings is 2. The summed E-state index contributed by atoms with van der Waals surface area (Å²) < 4.78 is 6.50. The van der Waals surface area contributed by atoms with Crippen LogP contribution in [0.3, 0.4) is 0 Å². The molecule has 2 aliphatic rings. The molecule has 25 heavy (non-hydrogen) atoms. The second-order valence-electron chi connectivity index (χ2n) is 7.05. The van der Waals surface area contributed by atoms with Gasteiger partial charge < -0.3 is 15.4 Å². The highest BCUT2D eigenvalue weighted by atomic mass is 16.6. The first-order valence-electron chi connectivity index (χ1n) is 8.75. The molecule has 2 aromatic rings. The molecule has 0 spiro atoms. The van der Waals surface area contributed by atoms with E-state index in [9.17, 15) is 9.59 Å². The molecule has 2 atom stereocenters. The fraction of sp³-hybridized carbons (Fsp3) is 0.500. The monoisotopic (exact) mass is 342 g/mol. The van der Waals surface area contributed by atoms with Crippen LogP contribution in [0.15, 0.2) is 24.3 Å². The summed E-state index contributed by atoms with van der Waals surface area (Å²) in [6, 6.07) is 8.91. The zero-order chi connectivity index (χ0) is 17.6. The molecule has 1 amide bonds. The second-order valence-corrected chi connectivity index (χ2v) is 7.05. The highest BCUT2D eigenvalue weighted by molar-refractivity contribution is 6.05. The Morgan fingerprint density at radius 3 is 2.52 bits per heavy atom. The quantitative estimate of drug-likeness (QED) is 0.669. The molecule has 2 unspecified atom stereocenters. The fourth-order valence-electron chi connectivity index (χ4n) is 4.44. The van der Waals surface area contributed by atoms with Crippen molar-refractivity contribution < 1.29 is 14.3 Å². The molecule has 2 aliphatic heterocycles. The van der Waals surface area contributed by atoms with E-state index >= 15 is 0 Å². The summed E-state index contributed by atoms with van der Waals surface area (Å²) in [6.07, 6.45) is 4.62. The van der Waals surface area contributed by atoms with Crippen molar-refractivity contribution >= 4 is 23.0 Å². The lowest BCUT2D eigenvalue weighted by atomic mass is 9.82. The molecule has 1 aromatic heterocycles. The predicted octanol–water partition coefficient (Wildman–Crippen LogP) is 2.46. The smallest absolute Gasteiger partial charge is 0.371 e. The van der Waals surface area contributed by atoms with E-state index in [0.29, 0.717) is 17.5 Å². The maximum Gasteiger partial charge on any atom is 0.412 e. The Morgan fingerprint density at radius 2 is 1.84 bits per heavy atom. The van der Waals surface area contributed by atoms with Crippen molar-refractivity contribution in [2.45, 2.75) is 50.2 Å². The zero-order valence-corrected chi connectivity index (χ0v) is 14.2. The van der Waals surface area contributed by atoms with Crippen LogP contribution in [0.5, 0.6) is 0 Å². The molecule has 2 bridgehead atoms. The molecule has 2 saturated heterocycles. The fourth-order valence-corrected chi connectivity index (χ4v) is 4.44. The Morgan fingerprint density at radius 1 is 1.16 bits per heavy atom. The van der Waals surface area contributed by atoms with Crippen molar-refractivity contribution in [1.82, 2.24) is 14.7 Å². The van der Waals surface area contributed by atoms with Crippen LogP contribution in [0.25, 0.3) is 10.9 Å². The normalized spacial score (nSPS) is 26.5. The first-order valence-corrected chi connectivity index (χ1v) is 8.75. The van der Waals surface area contributed by atoms with Gasteiger partial charge in [0.05, 0.1) is 11.6 Å². The molecule has 132 valence electrons. The van der Waals surface area contributed by atoms with Crippen LogP contribution >= 0.6 is 0 Å². The average Bonchev–Trinajstić information content (AvgIpc) is 2.94. The Balaban J connectivity index is 1.73. The van der Waals surface area contributed by atoms with Gasteiger partial charge in [0.15, 0.2) is 5.69 Å². The largest absolute Gasteiger partial charge is 0.412 e. The number of esters is 1. The molecule has 3 heterocycles. The first kappa shape index (κ1) is 16.1. The van der Waals surface area contributed by atoms with Gasteiger partial charge in [0.2, 0.25) is 0 Å². The highest BCUT2D eigenvalue weighted by Crippen LogP contribution is 2.39. The number of aromatic nitrogens is 2. The van der Waals surface area contributed by atoms with E-state index in [1.807, 2.05) is 28.9 Å². The number of nitrogens with two attached hydrogens (primary N) is 1. The van der Waals surface area contributed by atoms with Crippen LogP contribution in [-0.4, -0.2) is 45.9 Å². The summed E-state index contributed by atoms with van der Waals surface area (Å²) >= 11 is 0. The van der Waals surface area contributed by atoms with Crippen molar-refractivity contribution in [2.75, 3.05) is 7.05 Å². The summed E-state index contributed by atoms with van der Waals surface area (Å²) in [5, 5.41) is 5.23. The van der Waals surface area contributed by atoms with Gasteiger partial charge in [-0.2, -0.15) is 5.10 Å². The molecule has 2 fully saturated rings. The van der Waals surface area contributed by atoms with Crippen LogP contribution in [0.2, 0.25) is 0 Å². The molecule has 0 aliphatic carbocycles. The predicted molar refractivity (Wildman–Crippen MR) is 92.2 cm³/mol. The van der Waals surface area contributed by atoms with E-state index in [1.54, 1.807) is 0 Å². The highest BCUT2D eigenvalue weighted by Gasteiger charge is 2.38. The van der Waals surface area contributed by atoms with Gasteiger partial charge in [-0.25, -0.2) is 9.59 Å². The first-order chi connectivity index (χ1) is 12.0. The molecule has 0 saturated carbocycles. The van der Waals surface area contributed by atoms with Gasteiger partial charge in [-0.3, -0.25) is 4.68 Å². The number of benzene rings is 1. The van der Waals surface area contributed by atoms with E-state index in [4.69, 9.17) is 5.73 Å². The Bertz CT molecular complexity index is 817. The van der Waals surface area contributed by atoms with Crippen LogP contribution < -0.4 is 5.73 Å².